The van der Waals surface area contributed by atoms with Crippen molar-refractivity contribution in [3.63, 3.8) is 0 Å². The highest BCUT2D eigenvalue weighted by Crippen LogP contribution is 2.49. The first-order chi connectivity index (χ1) is 16.3. The third kappa shape index (κ3) is 4.58. The van der Waals surface area contributed by atoms with Crippen molar-refractivity contribution in [1.29, 1.82) is 0 Å². The Morgan fingerprint density at radius 1 is 1.00 bits per heavy atom. The summed E-state index contributed by atoms with van der Waals surface area (Å²) in [6.07, 6.45) is -8.25. The minimum absolute atomic E-state index is 0.0526. The van der Waals surface area contributed by atoms with Gasteiger partial charge in [0.2, 0.25) is 0 Å². The number of hydrogen-bond acceptors (Lipinski definition) is 3. The molecule has 0 aliphatic carbocycles. The molecule has 0 saturated carbocycles. The molecule has 3 aromatic rings. The highest BCUT2D eigenvalue weighted by Gasteiger charge is 2.62. The number of rotatable bonds is 4. The van der Waals surface area contributed by atoms with Crippen LogP contribution in [0.2, 0.25) is 5.02 Å². The molecule has 0 saturated heterocycles. The lowest BCUT2D eigenvalue weighted by Gasteiger charge is -2.30. The van der Waals surface area contributed by atoms with Gasteiger partial charge in [0, 0.05) is 17.0 Å². The van der Waals surface area contributed by atoms with Crippen molar-refractivity contribution in [3.8, 4) is 0 Å². The Balaban J connectivity index is 1.71. The number of nitrogens with zero attached hydrogens (tertiary/aromatic N) is 1. The van der Waals surface area contributed by atoms with Crippen molar-refractivity contribution in [2.24, 2.45) is 5.16 Å². The summed E-state index contributed by atoms with van der Waals surface area (Å²) in [7, 11) is 0. The number of carboxylic acids is 1. The molecule has 35 heavy (non-hydrogen) atoms. The van der Waals surface area contributed by atoms with E-state index in [2.05, 4.69) is 5.16 Å². The van der Waals surface area contributed by atoms with Crippen LogP contribution in [0.15, 0.2) is 65.8 Å². The van der Waals surface area contributed by atoms with Crippen molar-refractivity contribution in [2.45, 2.75) is 24.4 Å². The molecular weight excluding hydrogens is 500 g/mol. The summed E-state index contributed by atoms with van der Waals surface area (Å²) in [5, 5.41) is 13.3. The van der Waals surface area contributed by atoms with E-state index < -0.39 is 46.5 Å². The maximum Gasteiger partial charge on any atom is 0.435 e. The van der Waals surface area contributed by atoms with Crippen LogP contribution < -0.4 is 0 Å². The highest BCUT2D eigenvalue weighted by molar-refractivity contribution is 6.30. The van der Waals surface area contributed by atoms with Gasteiger partial charge in [-0.15, -0.1) is 0 Å². The fourth-order valence-corrected chi connectivity index (χ4v) is 4.08. The van der Waals surface area contributed by atoms with Crippen LogP contribution in [0.25, 0.3) is 16.8 Å². The van der Waals surface area contributed by atoms with Crippen molar-refractivity contribution in [3.05, 3.63) is 87.9 Å². The van der Waals surface area contributed by atoms with Gasteiger partial charge in [-0.3, -0.25) is 0 Å². The molecule has 1 unspecified atom stereocenters. The van der Waals surface area contributed by atoms with E-state index in [-0.39, 0.29) is 11.3 Å². The van der Waals surface area contributed by atoms with Gasteiger partial charge in [-0.05, 0) is 46.7 Å². The van der Waals surface area contributed by atoms with Crippen molar-refractivity contribution in [2.75, 3.05) is 0 Å². The van der Waals surface area contributed by atoms with Crippen LogP contribution in [0.1, 0.15) is 33.5 Å². The lowest BCUT2D eigenvalue weighted by molar-refractivity contribution is -0.276. The fourth-order valence-electron chi connectivity index (χ4n) is 3.84. The Morgan fingerprint density at radius 3 is 2.31 bits per heavy atom. The summed E-state index contributed by atoms with van der Waals surface area (Å²) in [6.45, 7) is 0. The Morgan fingerprint density at radius 2 is 1.69 bits per heavy atom. The number of hydrogen-bond donors (Lipinski definition) is 1. The minimum atomic E-state index is -5.12. The molecule has 182 valence electrons. The molecule has 1 N–H and O–H groups in total. The topological polar surface area (TPSA) is 58.9 Å². The standard InChI is InChI=1S/C24H14ClF6NO3/c25-16-10-14(9-15(11-16)23(26,27)28)22(24(29,30)31)12-17(32-35-22)7-5-13-6-8-20(21(33)34)19-4-2-1-3-18(13)19/h1-11H,12H2,(H,33,34). The van der Waals surface area contributed by atoms with Crippen LogP contribution in [0.3, 0.4) is 0 Å². The molecule has 0 amide bonds. The normalized spacial score (nSPS) is 18.7. The molecule has 0 radical (unpaired) electrons. The smallest absolute Gasteiger partial charge is 0.435 e. The van der Waals surface area contributed by atoms with Crippen molar-refractivity contribution < 1.29 is 41.1 Å². The predicted octanol–water partition coefficient (Wildman–Crippen LogP) is 7.46. The Hall–Kier alpha value is -3.53. The Bertz CT molecular complexity index is 1380. The second kappa shape index (κ2) is 8.60. The van der Waals surface area contributed by atoms with Crippen LogP contribution in [0, 0.1) is 0 Å². The zero-order valence-electron chi connectivity index (χ0n) is 17.4. The van der Waals surface area contributed by atoms with Gasteiger partial charge < -0.3 is 9.94 Å². The number of carbonyl (C=O) groups is 1. The molecule has 0 spiro atoms. The van der Waals surface area contributed by atoms with E-state index in [0.29, 0.717) is 28.5 Å². The second-order valence-electron chi connectivity index (χ2n) is 7.79. The zero-order chi connectivity index (χ0) is 25.6. The van der Waals surface area contributed by atoms with E-state index in [4.69, 9.17) is 16.4 Å². The van der Waals surface area contributed by atoms with Crippen molar-refractivity contribution >= 4 is 40.1 Å². The summed E-state index contributed by atoms with van der Waals surface area (Å²) in [5.74, 6) is -1.14. The van der Waals surface area contributed by atoms with E-state index in [1.54, 1.807) is 24.3 Å². The second-order valence-corrected chi connectivity index (χ2v) is 8.22. The lowest BCUT2D eigenvalue weighted by Crippen LogP contribution is -2.42. The molecule has 3 aromatic carbocycles. The number of benzene rings is 3. The number of alkyl halides is 6. The molecule has 1 aliphatic rings. The van der Waals surface area contributed by atoms with Crippen LogP contribution in [-0.4, -0.2) is 23.0 Å². The highest BCUT2D eigenvalue weighted by atomic mass is 35.5. The quantitative estimate of drug-likeness (QED) is 0.368. The maximum atomic E-state index is 14.1. The number of oxime groups is 1. The summed E-state index contributed by atoms with van der Waals surface area (Å²) < 4.78 is 81.9. The average Bonchev–Trinajstić information content (AvgIpc) is 3.22. The monoisotopic (exact) mass is 513 g/mol. The van der Waals surface area contributed by atoms with E-state index in [9.17, 15) is 36.2 Å². The van der Waals surface area contributed by atoms with E-state index >= 15 is 0 Å². The van der Waals surface area contributed by atoms with Gasteiger partial charge in [-0.1, -0.05) is 53.2 Å². The summed E-state index contributed by atoms with van der Waals surface area (Å²) >= 11 is 5.70. The Labute approximate surface area is 199 Å². The number of carboxylic acid groups (broad SMARTS) is 1. The third-order valence-electron chi connectivity index (χ3n) is 5.54. The van der Waals surface area contributed by atoms with Crippen LogP contribution in [-0.2, 0) is 16.6 Å². The largest absolute Gasteiger partial charge is 0.478 e. The zero-order valence-corrected chi connectivity index (χ0v) is 18.2. The first-order valence-electron chi connectivity index (χ1n) is 9.95. The Kier molecular flexibility index (Phi) is 6.04. The van der Waals surface area contributed by atoms with Crippen LogP contribution >= 0.6 is 11.6 Å². The maximum absolute atomic E-state index is 14.1. The van der Waals surface area contributed by atoms with E-state index in [1.807, 2.05) is 0 Å². The molecule has 11 heteroatoms. The fraction of sp³-hybridized carbons (Fsp3) is 0.167. The molecule has 4 nitrogen and oxygen atoms in total. The minimum Gasteiger partial charge on any atom is -0.478 e. The van der Waals surface area contributed by atoms with Gasteiger partial charge in [0.25, 0.3) is 5.60 Å². The van der Waals surface area contributed by atoms with Gasteiger partial charge in [-0.2, -0.15) is 26.3 Å². The predicted molar refractivity (Wildman–Crippen MR) is 117 cm³/mol. The lowest BCUT2D eigenvalue weighted by atomic mass is 9.87. The SMILES string of the molecule is O=C(O)c1ccc(C=CC2=NOC(c3cc(Cl)cc(C(F)(F)F)c3)(C(F)(F)F)C2)c2ccccc12. The van der Waals surface area contributed by atoms with Gasteiger partial charge in [0.05, 0.1) is 16.8 Å². The van der Waals surface area contributed by atoms with Gasteiger partial charge in [-0.25, -0.2) is 4.79 Å². The van der Waals surface area contributed by atoms with E-state index in [1.165, 1.54) is 24.3 Å². The van der Waals surface area contributed by atoms with Gasteiger partial charge >= 0.3 is 18.3 Å². The summed E-state index contributed by atoms with van der Waals surface area (Å²) in [6, 6.07) is 11.1. The molecule has 1 atom stereocenters. The number of aromatic carboxylic acids is 1. The summed E-state index contributed by atoms with van der Waals surface area (Å²) in [5.41, 5.74) is -4.96. The average molecular weight is 514 g/mol. The van der Waals surface area contributed by atoms with Crippen molar-refractivity contribution in [1.82, 2.24) is 0 Å². The van der Waals surface area contributed by atoms with Gasteiger partial charge in [0.15, 0.2) is 0 Å². The molecule has 0 aromatic heterocycles. The van der Waals surface area contributed by atoms with Crippen LogP contribution in [0.5, 0.6) is 0 Å². The summed E-state index contributed by atoms with van der Waals surface area (Å²) in [4.78, 5) is 16.2. The molecule has 1 aliphatic heterocycles. The molecular formula is C24H14ClF6NO3. The van der Waals surface area contributed by atoms with Gasteiger partial charge in [0.1, 0.15) is 0 Å². The molecule has 0 fully saturated rings. The number of allylic oxidation sites excluding steroid dienone is 1. The number of fused-ring (bicyclic) bond motifs is 1. The third-order valence-corrected chi connectivity index (χ3v) is 5.76. The van der Waals surface area contributed by atoms with Crippen LogP contribution in [0.4, 0.5) is 26.3 Å². The molecule has 4 rings (SSSR count). The molecule has 1 heterocycles. The first-order valence-corrected chi connectivity index (χ1v) is 10.3. The first kappa shape index (κ1) is 24.6. The number of halogens is 7. The molecule has 0 bridgehead atoms. The van der Waals surface area contributed by atoms with E-state index in [0.717, 1.165) is 6.07 Å².